The lowest BCUT2D eigenvalue weighted by atomic mass is 9.94. The van der Waals surface area contributed by atoms with Gasteiger partial charge in [-0.2, -0.15) is 9.97 Å². The van der Waals surface area contributed by atoms with Gasteiger partial charge in [-0.25, -0.2) is 4.98 Å². The smallest absolute Gasteiger partial charge is 0.238 e. The van der Waals surface area contributed by atoms with E-state index in [1.807, 2.05) is 6.07 Å². The van der Waals surface area contributed by atoms with Crippen LogP contribution in [0.2, 0.25) is 0 Å². The van der Waals surface area contributed by atoms with Gasteiger partial charge < -0.3 is 4.57 Å². The third kappa shape index (κ3) is 5.82. The first-order chi connectivity index (χ1) is 30.8. The van der Waals surface area contributed by atoms with Gasteiger partial charge in [0, 0.05) is 38.2 Å². The van der Waals surface area contributed by atoms with E-state index >= 15 is 0 Å². The van der Waals surface area contributed by atoms with E-state index < -0.39 is 0 Å². The Hall–Kier alpha value is -8.41. The lowest BCUT2D eigenvalue weighted by Gasteiger charge is -2.17. The predicted octanol–water partition coefficient (Wildman–Crippen LogP) is 14.4. The molecule has 0 atom stereocenters. The maximum Gasteiger partial charge on any atom is 0.238 e. The number of para-hydroxylation sites is 4. The molecule has 0 spiro atoms. The molecule has 0 bridgehead atoms. The van der Waals surface area contributed by atoms with E-state index in [2.05, 4.69) is 228 Å². The van der Waals surface area contributed by atoms with E-state index in [4.69, 9.17) is 15.0 Å². The van der Waals surface area contributed by atoms with Gasteiger partial charge in [-0.1, -0.05) is 194 Å². The molecule has 0 N–H and O–H groups in total. The van der Waals surface area contributed by atoms with E-state index in [0.717, 1.165) is 71.9 Å². The molecular weight excluding hydrogens is 755 g/mol. The lowest BCUT2D eigenvalue weighted by Crippen LogP contribution is -2.08. The summed E-state index contributed by atoms with van der Waals surface area (Å²) in [7, 11) is 0. The van der Waals surface area contributed by atoms with Crippen LogP contribution in [0.25, 0.3) is 111 Å². The predicted molar refractivity (Wildman–Crippen MR) is 256 cm³/mol. The van der Waals surface area contributed by atoms with Crippen molar-refractivity contribution in [3.8, 4) is 67.8 Å². The lowest BCUT2D eigenvalue weighted by molar-refractivity contribution is 0.951. The van der Waals surface area contributed by atoms with Gasteiger partial charge in [0.05, 0.1) is 27.8 Å². The Morgan fingerprint density at radius 1 is 0.274 bits per heavy atom. The summed E-state index contributed by atoms with van der Waals surface area (Å²) in [5, 5.41) is 4.66. The summed E-state index contributed by atoms with van der Waals surface area (Å²) in [6, 6.07) is 79.2. The molecule has 12 aromatic rings. The van der Waals surface area contributed by atoms with Gasteiger partial charge >= 0.3 is 0 Å². The highest BCUT2D eigenvalue weighted by atomic mass is 15.2. The van der Waals surface area contributed by atoms with Crippen LogP contribution < -0.4 is 0 Å². The molecule has 3 aromatic heterocycles. The molecule has 0 saturated carbocycles. The quantitative estimate of drug-likeness (QED) is 0.162. The molecule has 5 heteroatoms. The maximum atomic E-state index is 5.44. The van der Waals surface area contributed by atoms with Gasteiger partial charge in [0.2, 0.25) is 5.95 Å². The Labute approximate surface area is 358 Å². The first-order valence-corrected chi connectivity index (χ1v) is 21.0. The first kappa shape index (κ1) is 35.5. The van der Waals surface area contributed by atoms with Crippen LogP contribution in [-0.4, -0.2) is 24.1 Å². The Morgan fingerprint density at radius 3 is 1.37 bits per heavy atom. The number of nitrogens with zero attached hydrogens (tertiary/aromatic N) is 5. The number of rotatable bonds is 7. The SMILES string of the molecule is c1ccc(-c2ccc(-c3nc(-c4ccccc4-n4c5ccccc5c5c(-c6ccccc6)ccc(-c6ccccc6)c54)nc(-n4c5ccccc5c5ccccc54)n3)cc2)cc1. The summed E-state index contributed by atoms with van der Waals surface area (Å²) in [5.74, 6) is 1.74. The van der Waals surface area contributed by atoms with E-state index in [1.165, 1.54) is 21.9 Å². The van der Waals surface area contributed by atoms with Crippen LogP contribution in [-0.2, 0) is 0 Å². The van der Waals surface area contributed by atoms with Gasteiger partial charge in [-0.3, -0.25) is 4.57 Å². The van der Waals surface area contributed by atoms with E-state index in [0.29, 0.717) is 17.6 Å². The van der Waals surface area contributed by atoms with E-state index in [9.17, 15) is 0 Å². The van der Waals surface area contributed by atoms with Crippen LogP contribution in [0.5, 0.6) is 0 Å². The molecule has 0 aliphatic rings. The van der Waals surface area contributed by atoms with Crippen molar-refractivity contribution < 1.29 is 0 Å². The average molecular weight is 792 g/mol. The number of hydrogen-bond donors (Lipinski definition) is 0. The molecule has 12 rings (SSSR count). The monoisotopic (exact) mass is 791 g/mol. The first-order valence-electron chi connectivity index (χ1n) is 21.0. The second kappa shape index (κ2) is 14.7. The Morgan fingerprint density at radius 2 is 0.726 bits per heavy atom. The number of aromatic nitrogens is 5. The number of benzene rings is 9. The third-order valence-electron chi connectivity index (χ3n) is 12.0. The van der Waals surface area contributed by atoms with Gasteiger partial charge in [-0.05, 0) is 58.1 Å². The molecule has 0 radical (unpaired) electrons. The molecule has 62 heavy (non-hydrogen) atoms. The molecule has 290 valence electrons. The fourth-order valence-corrected chi connectivity index (χ4v) is 9.21. The van der Waals surface area contributed by atoms with Crippen LogP contribution >= 0.6 is 0 Å². The van der Waals surface area contributed by atoms with Crippen LogP contribution in [0.4, 0.5) is 0 Å². The Bertz CT molecular complexity index is 3550. The molecule has 0 aliphatic heterocycles. The minimum Gasteiger partial charge on any atom is -0.308 e. The molecule has 0 saturated heterocycles. The van der Waals surface area contributed by atoms with Crippen molar-refractivity contribution in [3.05, 3.63) is 224 Å². The zero-order valence-corrected chi connectivity index (χ0v) is 33.6. The summed E-state index contributed by atoms with van der Waals surface area (Å²) in [6.45, 7) is 0. The van der Waals surface area contributed by atoms with Crippen molar-refractivity contribution in [1.29, 1.82) is 0 Å². The molecule has 9 aromatic carbocycles. The molecule has 0 unspecified atom stereocenters. The minimum atomic E-state index is 0.558. The fraction of sp³-hybridized carbons (Fsp3) is 0. The van der Waals surface area contributed by atoms with Gasteiger partial charge in [0.15, 0.2) is 11.6 Å². The number of fused-ring (bicyclic) bond motifs is 6. The largest absolute Gasteiger partial charge is 0.308 e. The topological polar surface area (TPSA) is 48.5 Å². The summed E-state index contributed by atoms with van der Waals surface area (Å²) in [4.78, 5) is 16.1. The van der Waals surface area contributed by atoms with Crippen LogP contribution in [0.3, 0.4) is 0 Å². The highest BCUT2D eigenvalue weighted by molar-refractivity contribution is 6.20. The molecular formula is C57H37N5. The normalized spacial score (nSPS) is 11.5. The molecule has 3 heterocycles. The molecule has 0 aliphatic carbocycles. The summed E-state index contributed by atoms with van der Waals surface area (Å²) in [6.07, 6.45) is 0. The summed E-state index contributed by atoms with van der Waals surface area (Å²) >= 11 is 0. The van der Waals surface area contributed by atoms with Crippen molar-refractivity contribution in [2.24, 2.45) is 0 Å². The second-order valence-electron chi connectivity index (χ2n) is 15.6. The molecule has 5 nitrogen and oxygen atoms in total. The van der Waals surface area contributed by atoms with E-state index in [1.54, 1.807) is 0 Å². The zero-order valence-electron chi connectivity index (χ0n) is 33.6. The molecule has 0 amide bonds. The maximum absolute atomic E-state index is 5.44. The van der Waals surface area contributed by atoms with Crippen LogP contribution in [0, 0.1) is 0 Å². The van der Waals surface area contributed by atoms with Crippen LogP contribution in [0.1, 0.15) is 0 Å². The highest BCUT2D eigenvalue weighted by Crippen LogP contribution is 2.44. The van der Waals surface area contributed by atoms with Crippen molar-refractivity contribution in [3.63, 3.8) is 0 Å². The third-order valence-corrected chi connectivity index (χ3v) is 12.0. The number of hydrogen-bond acceptors (Lipinski definition) is 3. The van der Waals surface area contributed by atoms with Crippen molar-refractivity contribution in [2.75, 3.05) is 0 Å². The van der Waals surface area contributed by atoms with Gasteiger partial charge in [0.1, 0.15) is 0 Å². The average Bonchev–Trinajstić information content (AvgIpc) is 3.88. The van der Waals surface area contributed by atoms with Crippen molar-refractivity contribution in [1.82, 2.24) is 24.1 Å². The summed E-state index contributed by atoms with van der Waals surface area (Å²) < 4.78 is 4.60. The Balaban J connectivity index is 1.15. The van der Waals surface area contributed by atoms with Gasteiger partial charge in [-0.15, -0.1) is 0 Å². The fourth-order valence-electron chi connectivity index (χ4n) is 9.21. The zero-order chi connectivity index (χ0) is 41.0. The second-order valence-corrected chi connectivity index (χ2v) is 15.6. The van der Waals surface area contributed by atoms with Crippen molar-refractivity contribution in [2.45, 2.75) is 0 Å². The standard InChI is InChI=1S/C57H37N5/c1-4-18-38(19-5-1)39-32-34-42(35-33-39)55-58-56(60-57(59-55)62-49-28-14-10-24-45(49)46-25-11-15-29-50(46)62)48-27-13-17-31-52(48)61-51-30-16-12-26-47(51)53-43(40-20-6-2-7-21-40)36-37-44(54(53)61)41-22-8-3-9-23-41/h1-37H. The molecule has 0 fully saturated rings. The van der Waals surface area contributed by atoms with E-state index in [-0.39, 0.29) is 0 Å². The van der Waals surface area contributed by atoms with Crippen molar-refractivity contribution >= 4 is 43.6 Å². The summed E-state index contributed by atoms with van der Waals surface area (Å²) in [5.41, 5.74) is 14.0. The van der Waals surface area contributed by atoms with Gasteiger partial charge in [0.25, 0.3) is 0 Å². The highest BCUT2D eigenvalue weighted by Gasteiger charge is 2.24. The Kier molecular flexibility index (Phi) is 8.42. The minimum absolute atomic E-state index is 0.558. The van der Waals surface area contributed by atoms with Crippen LogP contribution in [0.15, 0.2) is 224 Å².